The molecule has 0 unspecified atom stereocenters. The van der Waals surface area contributed by atoms with Crippen LogP contribution in [-0.2, 0) is 17.7 Å². The average Bonchev–Trinajstić information content (AvgIpc) is 3.62. The van der Waals surface area contributed by atoms with Crippen molar-refractivity contribution in [2.24, 2.45) is 5.73 Å². The molecule has 2 aromatic carbocycles. The van der Waals surface area contributed by atoms with E-state index in [-0.39, 0.29) is 29.1 Å². The zero-order valence-corrected chi connectivity index (χ0v) is 26.4. The van der Waals surface area contributed by atoms with Gasteiger partial charge in [-0.1, -0.05) is 12.1 Å². The van der Waals surface area contributed by atoms with Gasteiger partial charge in [0.25, 0.3) is 17.7 Å². The van der Waals surface area contributed by atoms with Gasteiger partial charge in [0.05, 0.1) is 20.3 Å². The maximum Gasteiger partial charge on any atom is 0.357 e. The first-order valence-corrected chi connectivity index (χ1v) is 15.6. The minimum absolute atomic E-state index is 0.134. The van der Waals surface area contributed by atoms with Gasteiger partial charge in [0, 0.05) is 58.7 Å². The predicted molar refractivity (Wildman–Crippen MR) is 171 cm³/mol. The molecule has 4 aromatic rings. The van der Waals surface area contributed by atoms with Gasteiger partial charge >= 0.3 is 5.97 Å². The van der Waals surface area contributed by atoms with E-state index in [1.807, 2.05) is 37.4 Å². The Kier molecular flexibility index (Phi) is 8.34. The summed E-state index contributed by atoms with van der Waals surface area (Å²) in [5.41, 5.74) is 11.3. The first-order valence-electron chi connectivity index (χ1n) is 14.8. The minimum Gasteiger partial charge on any atom is -0.493 e. The molecule has 2 aliphatic rings. The molecule has 2 aromatic heterocycles. The molecular weight excluding hydrogens is 614 g/mol. The van der Waals surface area contributed by atoms with E-state index >= 15 is 0 Å². The van der Waals surface area contributed by atoms with Crippen molar-refractivity contribution in [3.63, 3.8) is 0 Å². The molecule has 6 rings (SSSR count). The standard InChI is InChI=1S/C34H32F2N4O5S/c1-18-12-20(16-37)13-19(2)28(18)39-31(41)24-14-25-27(45-10-6-21-7-11-46-30(21)25)15-23(24)22-4-5-26(38-29(22)33(43)44-3)32(42)40-9-8-34(35,36)17-40/h4-5,7,11-15H,6,8-10,16-17,37H2,1-3H3,(H,39,41). The van der Waals surface area contributed by atoms with Crippen molar-refractivity contribution in [1.29, 1.82) is 0 Å². The van der Waals surface area contributed by atoms with E-state index < -0.39 is 36.7 Å². The van der Waals surface area contributed by atoms with Crippen LogP contribution in [-0.4, -0.2) is 60.4 Å². The molecule has 1 fully saturated rings. The fourth-order valence-corrected chi connectivity index (χ4v) is 6.97. The van der Waals surface area contributed by atoms with Crippen molar-refractivity contribution < 1.29 is 32.6 Å². The number of hydrogen-bond donors (Lipinski definition) is 2. The molecule has 46 heavy (non-hydrogen) atoms. The smallest absolute Gasteiger partial charge is 0.357 e. The molecule has 2 aliphatic heterocycles. The first kappa shape index (κ1) is 31.3. The molecule has 4 heterocycles. The SMILES string of the molecule is COC(=O)c1nc(C(=O)N2CCC(F)(F)C2)ccc1-c1cc2c(cc1C(=O)Nc1c(C)cc(CN)cc1C)-c1sccc1CCO2. The third-order valence-corrected chi connectivity index (χ3v) is 9.28. The van der Waals surface area contributed by atoms with E-state index in [1.54, 1.807) is 12.1 Å². The van der Waals surface area contributed by atoms with E-state index in [0.717, 1.165) is 37.6 Å². The van der Waals surface area contributed by atoms with E-state index in [2.05, 4.69) is 10.3 Å². The Morgan fingerprint density at radius 2 is 1.85 bits per heavy atom. The molecule has 1 saturated heterocycles. The number of anilines is 1. The normalized spacial score (nSPS) is 15.0. The van der Waals surface area contributed by atoms with Crippen LogP contribution in [0.15, 0.2) is 47.8 Å². The van der Waals surface area contributed by atoms with E-state index in [1.165, 1.54) is 30.6 Å². The zero-order valence-electron chi connectivity index (χ0n) is 25.5. The summed E-state index contributed by atoms with van der Waals surface area (Å²) in [6.07, 6.45) is 0.228. The summed E-state index contributed by atoms with van der Waals surface area (Å²) in [5.74, 6) is -4.50. The van der Waals surface area contributed by atoms with E-state index in [0.29, 0.717) is 36.6 Å². The summed E-state index contributed by atoms with van der Waals surface area (Å²) < 4.78 is 38.9. The summed E-state index contributed by atoms with van der Waals surface area (Å²) in [4.78, 5) is 46.8. The minimum atomic E-state index is -2.99. The van der Waals surface area contributed by atoms with Gasteiger partial charge in [-0.3, -0.25) is 9.59 Å². The Labute approximate surface area is 268 Å². The topological polar surface area (TPSA) is 124 Å². The molecule has 12 heteroatoms. The summed E-state index contributed by atoms with van der Waals surface area (Å²) in [7, 11) is 1.17. The Morgan fingerprint density at radius 3 is 2.52 bits per heavy atom. The van der Waals surface area contributed by atoms with Crippen LogP contribution in [0.3, 0.4) is 0 Å². The van der Waals surface area contributed by atoms with Crippen LogP contribution in [0.2, 0.25) is 0 Å². The summed E-state index contributed by atoms with van der Waals surface area (Å²) in [5, 5.41) is 5.04. The molecule has 238 valence electrons. The quantitative estimate of drug-likeness (QED) is 0.246. The number of methoxy groups -OCH3 is 1. The number of alkyl halides is 2. The second kappa shape index (κ2) is 12.3. The van der Waals surface area contributed by atoms with Crippen LogP contribution < -0.4 is 15.8 Å². The number of carbonyl (C=O) groups excluding carboxylic acids is 3. The van der Waals surface area contributed by atoms with Gasteiger partial charge in [-0.25, -0.2) is 18.6 Å². The van der Waals surface area contributed by atoms with Crippen molar-refractivity contribution in [2.45, 2.75) is 39.2 Å². The fraction of sp³-hybridized carbons (Fsp3) is 0.294. The first-order chi connectivity index (χ1) is 22.0. The Bertz CT molecular complexity index is 1870. The van der Waals surface area contributed by atoms with Crippen LogP contribution in [0, 0.1) is 13.8 Å². The average molecular weight is 647 g/mol. The maximum atomic E-state index is 14.2. The highest BCUT2D eigenvalue weighted by molar-refractivity contribution is 7.13. The highest BCUT2D eigenvalue weighted by Crippen LogP contribution is 2.43. The van der Waals surface area contributed by atoms with Gasteiger partial charge in [-0.15, -0.1) is 11.3 Å². The zero-order chi connectivity index (χ0) is 32.7. The number of aryl methyl sites for hydroxylation is 2. The largest absolute Gasteiger partial charge is 0.493 e. The van der Waals surface area contributed by atoms with Crippen LogP contribution in [0.4, 0.5) is 14.5 Å². The molecule has 9 nitrogen and oxygen atoms in total. The molecule has 0 atom stereocenters. The number of nitrogens with two attached hydrogens (primary N) is 1. The van der Waals surface area contributed by atoms with E-state index in [4.69, 9.17) is 15.2 Å². The number of halogens is 2. The highest BCUT2D eigenvalue weighted by Gasteiger charge is 2.41. The molecule has 0 aliphatic carbocycles. The Balaban J connectivity index is 1.50. The number of likely N-dealkylation sites (tertiary alicyclic amines) is 1. The molecule has 0 radical (unpaired) electrons. The Hall–Kier alpha value is -4.68. The number of fused-ring (bicyclic) bond motifs is 3. The highest BCUT2D eigenvalue weighted by atomic mass is 32.1. The molecule has 0 spiro atoms. The number of esters is 1. The second-order valence-corrected chi connectivity index (χ2v) is 12.4. The lowest BCUT2D eigenvalue weighted by Crippen LogP contribution is -2.32. The number of carbonyl (C=O) groups is 3. The molecular formula is C34H32F2N4O5S. The Morgan fingerprint density at radius 1 is 1.09 bits per heavy atom. The van der Waals surface area contributed by atoms with Gasteiger partial charge in [0.2, 0.25) is 0 Å². The number of aromatic nitrogens is 1. The lowest BCUT2D eigenvalue weighted by Gasteiger charge is -2.19. The maximum absolute atomic E-state index is 14.2. The summed E-state index contributed by atoms with van der Waals surface area (Å²) in [6.45, 7) is 3.67. The molecule has 2 amide bonds. The van der Waals surface area contributed by atoms with Gasteiger partial charge in [-0.05, 0) is 71.8 Å². The lowest BCUT2D eigenvalue weighted by molar-refractivity contribution is 0.0119. The van der Waals surface area contributed by atoms with Crippen LogP contribution >= 0.6 is 11.3 Å². The monoisotopic (exact) mass is 646 g/mol. The van der Waals surface area contributed by atoms with Crippen molar-refractivity contribution in [3.8, 4) is 27.3 Å². The van der Waals surface area contributed by atoms with Crippen molar-refractivity contribution in [3.05, 3.63) is 87.0 Å². The lowest BCUT2D eigenvalue weighted by atomic mass is 9.93. The van der Waals surface area contributed by atoms with Gasteiger partial charge in [0.15, 0.2) is 5.69 Å². The number of benzene rings is 2. The number of rotatable bonds is 6. The summed E-state index contributed by atoms with van der Waals surface area (Å²) in [6, 6.07) is 12.2. The number of pyridine rings is 1. The van der Waals surface area contributed by atoms with Crippen molar-refractivity contribution in [1.82, 2.24) is 9.88 Å². The molecule has 0 saturated carbocycles. The van der Waals surface area contributed by atoms with Crippen molar-refractivity contribution >= 4 is 34.8 Å². The number of thiophene rings is 1. The third kappa shape index (κ3) is 5.85. The van der Waals surface area contributed by atoms with Crippen molar-refractivity contribution in [2.75, 3.05) is 32.1 Å². The number of ether oxygens (including phenoxy) is 2. The number of amides is 2. The summed E-state index contributed by atoms with van der Waals surface area (Å²) >= 11 is 1.54. The number of nitrogens with one attached hydrogen (secondary N) is 1. The predicted octanol–water partition coefficient (Wildman–Crippen LogP) is 6.01. The number of hydrogen-bond acceptors (Lipinski definition) is 8. The molecule has 3 N–H and O–H groups in total. The van der Waals surface area contributed by atoms with Gasteiger partial charge in [0.1, 0.15) is 11.4 Å². The number of nitrogens with zero attached hydrogens (tertiary/aromatic N) is 2. The van der Waals surface area contributed by atoms with Crippen LogP contribution in [0.25, 0.3) is 21.6 Å². The molecule has 0 bridgehead atoms. The van der Waals surface area contributed by atoms with E-state index in [9.17, 15) is 23.2 Å². The van der Waals surface area contributed by atoms with Crippen LogP contribution in [0.1, 0.15) is 60.0 Å². The van der Waals surface area contributed by atoms with Gasteiger partial charge in [-0.2, -0.15) is 0 Å². The van der Waals surface area contributed by atoms with Gasteiger partial charge < -0.3 is 25.4 Å². The fourth-order valence-electron chi connectivity index (χ4n) is 6.00. The third-order valence-electron chi connectivity index (χ3n) is 8.29. The van der Waals surface area contributed by atoms with Crippen LogP contribution in [0.5, 0.6) is 5.75 Å². The second-order valence-electron chi connectivity index (χ2n) is 11.4.